The Morgan fingerprint density at radius 3 is 1.50 bits per heavy atom. The third-order valence-corrected chi connectivity index (χ3v) is 2.27. The van der Waals surface area contributed by atoms with E-state index in [4.69, 9.17) is 0 Å². The highest BCUT2D eigenvalue weighted by molar-refractivity contribution is 4.87. The predicted octanol–water partition coefficient (Wildman–Crippen LogP) is 4.51. The van der Waals surface area contributed by atoms with Crippen molar-refractivity contribution in [2.75, 3.05) is 0 Å². The van der Waals surface area contributed by atoms with Gasteiger partial charge in [0.05, 0.1) is 0 Å². The molecular formula is C11H26N. The Labute approximate surface area is 78.5 Å². The molecule has 0 atom stereocenters. The summed E-state index contributed by atoms with van der Waals surface area (Å²) in [4.78, 5) is 0. The molecule has 0 saturated heterocycles. The van der Waals surface area contributed by atoms with Crippen molar-refractivity contribution in [2.45, 2.75) is 65.7 Å². The van der Waals surface area contributed by atoms with Gasteiger partial charge in [-0.1, -0.05) is 46.5 Å². The molecular weight excluding hydrogens is 146 g/mol. The first-order chi connectivity index (χ1) is 5.35. The highest BCUT2D eigenvalue weighted by Crippen LogP contribution is 2.21. The molecule has 0 spiro atoms. The molecule has 0 rings (SSSR count). The van der Waals surface area contributed by atoms with Gasteiger partial charge in [0.1, 0.15) is 0 Å². The Kier molecular flexibility index (Phi) is 13.2. The molecule has 1 heteroatoms. The molecule has 12 heavy (non-hydrogen) atoms. The lowest BCUT2D eigenvalue weighted by Gasteiger charge is -2.12. The zero-order chi connectivity index (χ0) is 8.53. The van der Waals surface area contributed by atoms with Crippen LogP contribution in [0, 0.1) is 5.92 Å². The number of hydrogen-bond donors (Lipinski definition) is 1. The fraction of sp³-hybridized carbons (Fsp3) is 0.909. The summed E-state index contributed by atoms with van der Waals surface area (Å²) < 4.78 is 0. The largest absolute Gasteiger partial charge is 0.344 e. The number of unbranched alkanes of at least 4 members (excludes halogenated alkanes) is 2. The second kappa shape index (κ2) is 11.0. The third-order valence-electron chi connectivity index (χ3n) is 2.27. The Balaban J connectivity index is 0. The summed E-state index contributed by atoms with van der Waals surface area (Å²) in [6, 6.07) is 0. The van der Waals surface area contributed by atoms with Crippen molar-refractivity contribution in [2.24, 2.45) is 0 Å². The van der Waals surface area contributed by atoms with Gasteiger partial charge in [-0.2, -0.15) is 0 Å². The quantitative estimate of drug-likeness (QED) is 0.602. The van der Waals surface area contributed by atoms with E-state index >= 15 is 0 Å². The van der Waals surface area contributed by atoms with Crippen LogP contribution in [0.3, 0.4) is 0 Å². The van der Waals surface area contributed by atoms with E-state index in [1.54, 1.807) is 5.92 Å². The fourth-order valence-electron chi connectivity index (χ4n) is 1.33. The van der Waals surface area contributed by atoms with Gasteiger partial charge in [-0.15, -0.1) is 0 Å². The van der Waals surface area contributed by atoms with E-state index in [0.29, 0.717) is 0 Å². The second-order valence-electron chi connectivity index (χ2n) is 3.31. The molecule has 0 unspecified atom stereocenters. The van der Waals surface area contributed by atoms with Gasteiger partial charge in [-0.05, 0) is 25.2 Å². The van der Waals surface area contributed by atoms with Crippen LogP contribution in [0.2, 0.25) is 0 Å². The molecule has 0 aliphatic carbocycles. The van der Waals surface area contributed by atoms with E-state index < -0.39 is 0 Å². The van der Waals surface area contributed by atoms with Crippen LogP contribution in [-0.4, -0.2) is 0 Å². The lowest BCUT2D eigenvalue weighted by Crippen LogP contribution is -1.95. The van der Waals surface area contributed by atoms with Gasteiger partial charge in [0.25, 0.3) is 0 Å². The van der Waals surface area contributed by atoms with Crippen molar-refractivity contribution in [3.05, 3.63) is 5.92 Å². The zero-order valence-electron chi connectivity index (χ0n) is 9.16. The molecule has 0 saturated carbocycles. The zero-order valence-corrected chi connectivity index (χ0v) is 9.16. The molecule has 3 N–H and O–H groups in total. The summed E-state index contributed by atoms with van der Waals surface area (Å²) in [6.45, 7) is 6.83. The van der Waals surface area contributed by atoms with Crippen LogP contribution in [0.25, 0.3) is 0 Å². The monoisotopic (exact) mass is 172 g/mol. The number of hydrogen-bond acceptors (Lipinski definition) is 1. The summed E-state index contributed by atoms with van der Waals surface area (Å²) in [5.41, 5.74) is 0. The minimum atomic E-state index is 0. The molecule has 75 valence electrons. The van der Waals surface area contributed by atoms with Gasteiger partial charge >= 0.3 is 0 Å². The summed E-state index contributed by atoms with van der Waals surface area (Å²) in [6.07, 6.45) is 9.55. The molecule has 0 aromatic rings. The summed E-state index contributed by atoms with van der Waals surface area (Å²) in [5.74, 6) is 1.79. The topological polar surface area (TPSA) is 35.0 Å². The van der Waals surface area contributed by atoms with E-state index in [-0.39, 0.29) is 6.15 Å². The maximum atomic E-state index is 2.29. The molecule has 0 heterocycles. The SMILES string of the molecule is CCCC[C](CC)CCCC.N. The van der Waals surface area contributed by atoms with Gasteiger partial charge in [-0.3, -0.25) is 0 Å². The summed E-state index contributed by atoms with van der Waals surface area (Å²) in [5, 5.41) is 0. The van der Waals surface area contributed by atoms with Crippen molar-refractivity contribution < 1.29 is 0 Å². The maximum absolute atomic E-state index is 2.29. The average molecular weight is 172 g/mol. The third kappa shape index (κ3) is 8.06. The minimum absolute atomic E-state index is 0. The lowest BCUT2D eigenvalue weighted by molar-refractivity contribution is 0.604. The maximum Gasteiger partial charge on any atom is -0.0244 e. The van der Waals surface area contributed by atoms with Crippen LogP contribution in [0.4, 0.5) is 0 Å². The summed E-state index contributed by atoms with van der Waals surface area (Å²) in [7, 11) is 0. The molecule has 0 aromatic heterocycles. The predicted molar refractivity (Wildman–Crippen MR) is 57.6 cm³/mol. The van der Waals surface area contributed by atoms with Crippen molar-refractivity contribution in [3.8, 4) is 0 Å². The highest BCUT2D eigenvalue weighted by atomic mass is 14.1. The molecule has 0 aliphatic rings. The van der Waals surface area contributed by atoms with E-state index in [2.05, 4.69) is 20.8 Å². The number of rotatable bonds is 7. The molecule has 0 bridgehead atoms. The summed E-state index contributed by atoms with van der Waals surface area (Å²) >= 11 is 0. The Morgan fingerprint density at radius 2 is 1.25 bits per heavy atom. The molecule has 0 aromatic carbocycles. The van der Waals surface area contributed by atoms with Gasteiger partial charge < -0.3 is 6.15 Å². The Bertz CT molecular complexity index is 63.4. The van der Waals surface area contributed by atoms with Crippen molar-refractivity contribution in [3.63, 3.8) is 0 Å². The first-order valence-corrected chi connectivity index (χ1v) is 5.18. The van der Waals surface area contributed by atoms with Crippen molar-refractivity contribution in [1.29, 1.82) is 0 Å². The Morgan fingerprint density at radius 1 is 0.833 bits per heavy atom. The second-order valence-corrected chi connectivity index (χ2v) is 3.31. The standard InChI is InChI=1S/C11H23.H3N/c1-4-7-9-11(6-3)10-8-5-2;/h4-10H2,1-3H3;1H3. The van der Waals surface area contributed by atoms with Gasteiger partial charge in [0.2, 0.25) is 0 Å². The van der Waals surface area contributed by atoms with Crippen LogP contribution in [0.1, 0.15) is 65.7 Å². The van der Waals surface area contributed by atoms with Gasteiger partial charge in [-0.25, -0.2) is 0 Å². The first kappa shape index (κ1) is 14.5. The van der Waals surface area contributed by atoms with Crippen LogP contribution in [-0.2, 0) is 0 Å². The molecule has 0 fully saturated rings. The first-order valence-electron chi connectivity index (χ1n) is 5.18. The normalized spacial score (nSPS) is 10.0. The van der Waals surface area contributed by atoms with Crippen LogP contribution in [0.5, 0.6) is 0 Å². The molecule has 1 radical (unpaired) electrons. The highest BCUT2D eigenvalue weighted by Gasteiger charge is 2.04. The molecule has 0 aliphatic heterocycles. The van der Waals surface area contributed by atoms with Gasteiger partial charge in [0, 0.05) is 0 Å². The fourth-order valence-corrected chi connectivity index (χ4v) is 1.33. The van der Waals surface area contributed by atoms with E-state index in [1.807, 2.05) is 0 Å². The smallest absolute Gasteiger partial charge is 0.0244 e. The molecule has 0 amide bonds. The van der Waals surface area contributed by atoms with Gasteiger partial charge in [0.15, 0.2) is 0 Å². The van der Waals surface area contributed by atoms with Crippen LogP contribution >= 0.6 is 0 Å². The van der Waals surface area contributed by atoms with Crippen LogP contribution < -0.4 is 6.15 Å². The minimum Gasteiger partial charge on any atom is -0.344 e. The van der Waals surface area contributed by atoms with E-state index in [9.17, 15) is 0 Å². The Hall–Kier alpha value is -0.0400. The van der Waals surface area contributed by atoms with Crippen molar-refractivity contribution >= 4 is 0 Å². The van der Waals surface area contributed by atoms with E-state index in [1.165, 1.54) is 44.9 Å². The lowest BCUT2D eigenvalue weighted by atomic mass is 9.94. The van der Waals surface area contributed by atoms with E-state index in [0.717, 1.165) is 0 Å². The average Bonchev–Trinajstić information content (AvgIpc) is 2.05. The van der Waals surface area contributed by atoms with Crippen molar-refractivity contribution in [1.82, 2.24) is 6.15 Å². The van der Waals surface area contributed by atoms with Crippen LogP contribution in [0.15, 0.2) is 0 Å². The molecule has 1 nitrogen and oxygen atoms in total.